The first kappa shape index (κ1) is 32.7. The molecule has 4 aliphatic rings. The van der Waals surface area contributed by atoms with E-state index in [1.807, 2.05) is 0 Å². The van der Waals surface area contributed by atoms with E-state index in [1.54, 1.807) is 72.8 Å². The predicted octanol–water partition coefficient (Wildman–Crippen LogP) is 5.98. The highest BCUT2D eigenvalue weighted by molar-refractivity contribution is 6.57. The molecule has 4 aromatic carbocycles. The Morgan fingerprint density at radius 1 is 0.519 bits per heavy atom. The quantitative estimate of drug-likeness (QED) is 0.188. The fourth-order valence-corrected chi connectivity index (χ4v) is 6.91. The van der Waals surface area contributed by atoms with Crippen molar-refractivity contribution in [1.82, 2.24) is 9.80 Å². The smallest absolute Gasteiger partial charge is 0.261 e. The second-order valence-corrected chi connectivity index (χ2v) is 13.0. The molecule has 0 unspecified atom stereocenters. The molecule has 2 aliphatic heterocycles. The SMILES string of the molecule is CN1C(=O)C2=CC(=NNc3ccc(-c4ccc(NN=C5C=C6C(=O)N(C)C(=O)c7cccc(c76)C5=O)c(Cl)c4)cc3Cl)C(=O)c3cccc(c32)C1=O. The lowest BCUT2D eigenvalue weighted by Gasteiger charge is -2.29. The second-order valence-electron chi connectivity index (χ2n) is 12.2. The monoisotopic (exact) mass is 728 g/mol. The van der Waals surface area contributed by atoms with Crippen molar-refractivity contribution in [3.63, 3.8) is 0 Å². The molecule has 0 fully saturated rings. The molecule has 0 spiro atoms. The fraction of sp³-hybridized carbons (Fsp3) is 0.0526. The van der Waals surface area contributed by atoms with Crippen LogP contribution in [-0.2, 0) is 9.59 Å². The van der Waals surface area contributed by atoms with E-state index in [1.165, 1.54) is 26.2 Å². The largest absolute Gasteiger partial charge is 0.287 e. The van der Waals surface area contributed by atoms with Gasteiger partial charge in [-0.3, -0.25) is 49.4 Å². The molecule has 0 saturated carbocycles. The molecular formula is C38H22Cl2N6O6. The van der Waals surface area contributed by atoms with Crippen molar-refractivity contribution in [2.45, 2.75) is 0 Å². The number of imide groups is 2. The summed E-state index contributed by atoms with van der Waals surface area (Å²) >= 11 is 13.2. The Morgan fingerprint density at radius 3 is 1.29 bits per heavy atom. The Morgan fingerprint density at radius 2 is 0.904 bits per heavy atom. The van der Waals surface area contributed by atoms with Crippen molar-refractivity contribution < 1.29 is 28.8 Å². The number of carbonyl (C=O) groups excluding carboxylic acids is 6. The maximum Gasteiger partial charge on any atom is 0.261 e. The predicted molar refractivity (Wildman–Crippen MR) is 196 cm³/mol. The third-order valence-electron chi connectivity index (χ3n) is 9.19. The number of hydrogen-bond acceptors (Lipinski definition) is 10. The molecule has 12 nitrogen and oxygen atoms in total. The van der Waals surface area contributed by atoms with Crippen molar-refractivity contribution in [2.75, 3.05) is 24.9 Å². The number of hydrazone groups is 2. The van der Waals surface area contributed by atoms with Gasteiger partial charge in [0.25, 0.3) is 23.6 Å². The van der Waals surface area contributed by atoms with Crippen LogP contribution in [0.25, 0.3) is 22.3 Å². The third kappa shape index (κ3) is 4.99. The van der Waals surface area contributed by atoms with Crippen LogP contribution in [0, 0.1) is 0 Å². The molecule has 0 radical (unpaired) electrons. The Kier molecular flexibility index (Phi) is 7.59. The second kappa shape index (κ2) is 12.1. The summed E-state index contributed by atoms with van der Waals surface area (Å²) in [6.45, 7) is 0. The maximum absolute atomic E-state index is 13.3. The van der Waals surface area contributed by atoms with Crippen molar-refractivity contribution in [1.29, 1.82) is 0 Å². The van der Waals surface area contributed by atoms with Gasteiger partial charge in [-0.1, -0.05) is 59.6 Å². The minimum atomic E-state index is -0.531. The van der Waals surface area contributed by atoms with Crippen molar-refractivity contribution in [3.05, 3.63) is 128 Å². The maximum atomic E-state index is 13.3. The Labute approximate surface area is 304 Å². The number of anilines is 2. The van der Waals surface area contributed by atoms with Crippen LogP contribution in [0.5, 0.6) is 0 Å². The van der Waals surface area contributed by atoms with Crippen LogP contribution in [0.4, 0.5) is 11.4 Å². The van der Waals surface area contributed by atoms with Gasteiger partial charge in [-0.2, -0.15) is 10.2 Å². The highest BCUT2D eigenvalue weighted by Gasteiger charge is 2.40. The number of allylic oxidation sites excluding steroid dienone is 2. The number of likely N-dealkylation sites (N-methyl/N-ethyl adjacent to an activating group) is 2. The summed E-state index contributed by atoms with van der Waals surface area (Å²) in [6.07, 6.45) is 2.73. The lowest BCUT2D eigenvalue weighted by Crippen LogP contribution is -2.41. The normalized spacial score (nSPS) is 17.7. The summed E-state index contributed by atoms with van der Waals surface area (Å²) in [6, 6.07) is 19.7. The average Bonchev–Trinajstić information content (AvgIpc) is 3.15. The minimum Gasteiger partial charge on any atom is -0.287 e. The first-order valence-electron chi connectivity index (χ1n) is 15.7. The molecule has 14 heteroatoms. The van der Waals surface area contributed by atoms with Gasteiger partial charge in [-0.15, -0.1) is 0 Å². The Bertz CT molecular complexity index is 2380. The Hall–Kier alpha value is -6.50. The summed E-state index contributed by atoms with van der Waals surface area (Å²) in [4.78, 5) is 79.6. The van der Waals surface area contributed by atoms with E-state index in [-0.39, 0.29) is 54.9 Å². The molecule has 4 aromatic rings. The van der Waals surface area contributed by atoms with Gasteiger partial charge in [-0.25, -0.2) is 0 Å². The van der Waals surface area contributed by atoms with Gasteiger partial charge in [0.15, 0.2) is 0 Å². The van der Waals surface area contributed by atoms with Gasteiger partial charge in [0.2, 0.25) is 11.6 Å². The van der Waals surface area contributed by atoms with Gasteiger partial charge in [0.05, 0.1) is 32.6 Å². The highest BCUT2D eigenvalue weighted by atomic mass is 35.5. The number of halogens is 2. The van der Waals surface area contributed by atoms with Crippen LogP contribution in [0.2, 0.25) is 10.0 Å². The van der Waals surface area contributed by atoms with Gasteiger partial charge in [0, 0.05) is 47.5 Å². The summed E-state index contributed by atoms with van der Waals surface area (Å²) in [7, 11) is 2.77. The summed E-state index contributed by atoms with van der Waals surface area (Å²) in [5.74, 6) is -2.92. The van der Waals surface area contributed by atoms with Gasteiger partial charge >= 0.3 is 0 Å². The lowest BCUT2D eigenvalue weighted by atomic mass is 9.82. The molecule has 4 amide bonds. The zero-order valence-electron chi connectivity index (χ0n) is 27.1. The van der Waals surface area contributed by atoms with E-state index in [4.69, 9.17) is 23.2 Å². The molecule has 254 valence electrons. The number of nitrogens with zero attached hydrogens (tertiary/aromatic N) is 4. The van der Waals surface area contributed by atoms with E-state index in [9.17, 15) is 28.8 Å². The number of carbonyl (C=O) groups is 6. The summed E-state index contributed by atoms with van der Waals surface area (Å²) in [5.41, 5.74) is 9.75. The number of ketones is 2. The minimum absolute atomic E-state index is 0.0257. The molecule has 2 aliphatic carbocycles. The van der Waals surface area contributed by atoms with Gasteiger partial charge in [-0.05, 0) is 59.7 Å². The number of nitrogens with one attached hydrogen (secondary N) is 2. The highest BCUT2D eigenvalue weighted by Crippen LogP contribution is 2.37. The molecule has 2 N–H and O–H groups in total. The van der Waals surface area contributed by atoms with Gasteiger partial charge in [0.1, 0.15) is 11.4 Å². The van der Waals surface area contributed by atoms with Crippen molar-refractivity contribution in [2.24, 2.45) is 10.2 Å². The van der Waals surface area contributed by atoms with Crippen LogP contribution < -0.4 is 10.9 Å². The van der Waals surface area contributed by atoms with Crippen LogP contribution in [0.15, 0.2) is 95.2 Å². The van der Waals surface area contributed by atoms with Crippen LogP contribution >= 0.6 is 23.2 Å². The molecule has 0 bridgehead atoms. The molecule has 2 heterocycles. The van der Waals surface area contributed by atoms with Crippen LogP contribution in [-0.4, -0.2) is 70.5 Å². The number of rotatable bonds is 5. The number of benzene rings is 4. The third-order valence-corrected chi connectivity index (χ3v) is 9.81. The summed E-state index contributed by atoms with van der Waals surface area (Å²) < 4.78 is 0. The van der Waals surface area contributed by atoms with Crippen LogP contribution in [0.1, 0.15) is 52.6 Å². The molecule has 52 heavy (non-hydrogen) atoms. The molecule has 0 atom stereocenters. The fourth-order valence-electron chi connectivity index (χ4n) is 6.47. The van der Waals surface area contributed by atoms with E-state index in [0.29, 0.717) is 33.6 Å². The number of amides is 4. The van der Waals surface area contributed by atoms with E-state index >= 15 is 0 Å². The zero-order valence-corrected chi connectivity index (χ0v) is 28.6. The number of Topliss-reactive ketones (excluding diaryl/α,β-unsaturated/α-hetero) is 2. The topological polar surface area (TPSA) is 158 Å². The van der Waals surface area contributed by atoms with Crippen molar-refractivity contribution >= 4 is 92.3 Å². The first-order valence-corrected chi connectivity index (χ1v) is 16.4. The average molecular weight is 730 g/mol. The molecule has 0 saturated heterocycles. The van der Waals surface area contributed by atoms with Crippen molar-refractivity contribution in [3.8, 4) is 11.1 Å². The van der Waals surface area contributed by atoms with Gasteiger partial charge < -0.3 is 0 Å². The lowest BCUT2D eigenvalue weighted by molar-refractivity contribution is -0.122. The van der Waals surface area contributed by atoms with E-state index in [0.717, 1.165) is 9.80 Å². The summed E-state index contributed by atoms with van der Waals surface area (Å²) in [5, 5.41) is 9.06. The zero-order chi connectivity index (χ0) is 36.6. The molecule has 0 aromatic heterocycles. The first-order chi connectivity index (χ1) is 24.9. The standard InChI is InChI=1S/C38H22Cl2N6O6/c1-45-35(49)21-7-3-5-19-31(21)23(37(45)51)15-29(33(19)47)43-41-27-11-9-17(13-25(27)39)18-10-12-28(26(40)14-18)42-44-30-16-24-32-20(34(30)48)6-4-8-22(32)36(50)46(2)38(24)52/h3-16,41-42H,1-2H3. The van der Waals surface area contributed by atoms with Crippen LogP contribution in [0.3, 0.4) is 0 Å². The van der Waals surface area contributed by atoms with E-state index in [2.05, 4.69) is 21.1 Å². The molecular weight excluding hydrogens is 707 g/mol. The van der Waals surface area contributed by atoms with E-state index < -0.39 is 35.2 Å². The Balaban J connectivity index is 1.02. The number of hydrogen-bond donors (Lipinski definition) is 2. The molecule has 8 rings (SSSR count).